The lowest BCUT2D eigenvalue weighted by Crippen LogP contribution is -2.08. The molecule has 1 aliphatic rings. The zero-order valence-corrected chi connectivity index (χ0v) is 13.0. The van der Waals surface area contributed by atoms with E-state index in [0.29, 0.717) is 20.7 Å². The molecule has 1 saturated carbocycles. The summed E-state index contributed by atoms with van der Waals surface area (Å²) < 4.78 is 2.56. The van der Waals surface area contributed by atoms with Crippen molar-refractivity contribution >= 4 is 39.3 Å². The Morgan fingerprint density at radius 2 is 2.11 bits per heavy atom. The van der Waals surface area contributed by atoms with Gasteiger partial charge in [-0.15, -0.1) is 5.10 Å². The van der Waals surface area contributed by atoms with E-state index in [1.165, 1.54) is 30.9 Å². The van der Waals surface area contributed by atoms with Crippen LogP contribution < -0.4 is 0 Å². The molecule has 0 amide bonds. The topological polar surface area (TPSA) is 69.4 Å². The molecule has 3 rings (SSSR count). The van der Waals surface area contributed by atoms with Crippen molar-refractivity contribution in [3.8, 4) is 0 Å². The maximum atomic E-state index is 5.95. The lowest BCUT2D eigenvalue weighted by Gasteiger charge is -2.10. The Hall–Kier alpha value is -0.730. The number of halogens is 2. The SMILES string of the molecule is Clc1ncnc(Sc2nnnn2C2CCCC2)c1Br. The highest BCUT2D eigenvalue weighted by atomic mass is 79.9. The van der Waals surface area contributed by atoms with E-state index < -0.39 is 0 Å². The number of hydrogen-bond acceptors (Lipinski definition) is 6. The molecule has 0 atom stereocenters. The second-order valence-electron chi connectivity index (χ2n) is 4.23. The van der Waals surface area contributed by atoms with Crippen molar-refractivity contribution in [1.29, 1.82) is 0 Å². The first-order chi connectivity index (χ1) is 9.25. The molecular weight excluding hydrogens is 352 g/mol. The van der Waals surface area contributed by atoms with Gasteiger partial charge < -0.3 is 0 Å². The highest BCUT2D eigenvalue weighted by Gasteiger charge is 2.23. The zero-order valence-electron chi connectivity index (χ0n) is 9.83. The summed E-state index contributed by atoms with van der Waals surface area (Å²) in [5.41, 5.74) is 0. The van der Waals surface area contributed by atoms with Gasteiger partial charge in [-0.3, -0.25) is 0 Å². The molecule has 100 valence electrons. The van der Waals surface area contributed by atoms with Crippen LogP contribution in [0.2, 0.25) is 5.15 Å². The molecule has 0 bridgehead atoms. The quantitative estimate of drug-likeness (QED) is 0.782. The zero-order chi connectivity index (χ0) is 13.2. The minimum atomic E-state index is 0.386. The van der Waals surface area contributed by atoms with E-state index >= 15 is 0 Å². The first-order valence-electron chi connectivity index (χ1n) is 5.87. The van der Waals surface area contributed by atoms with Crippen LogP contribution in [0, 0.1) is 0 Å². The van der Waals surface area contributed by atoms with Gasteiger partial charge in [-0.2, -0.15) is 0 Å². The van der Waals surface area contributed by atoms with Crippen LogP contribution in [0.15, 0.2) is 21.0 Å². The average Bonchev–Trinajstić information content (AvgIpc) is 3.05. The lowest BCUT2D eigenvalue weighted by atomic mass is 10.3. The first kappa shape index (κ1) is 13.3. The van der Waals surface area contributed by atoms with E-state index in [1.54, 1.807) is 0 Å². The third-order valence-electron chi connectivity index (χ3n) is 3.04. The molecule has 0 saturated heterocycles. The minimum absolute atomic E-state index is 0.386. The third kappa shape index (κ3) is 2.75. The molecule has 1 fully saturated rings. The normalized spacial score (nSPS) is 16.1. The summed E-state index contributed by atoms with van der Waals surface area (Å²) in [6, 6.07) is 0.397. The summed E-state index contributed by atoms with van der Waals surface area (Å²) in [6.45, 7) is 0. The molecule has 0 N–H and O–H groups in total. The Morgan fingerprint density at radius 3 is 2.89 bits per heavy atom. The van der Waals surface area contributed by atoms with Gasteiger partial charge in [0.2, 0.25) is 5.16 Å². The van der Waals surface area contributed by atoms with E-state index in [0.717, 1.165) is 18.0 Å². The van der Waals surface area contributed by atoms with Crippen LogP contribution >= 0.6 is 39.3 Å². The molecule has 19 heavy (non-hydrogen) atoms. The fourth-order valence-corrected chi connectivity index (χ4v) is 3.57. The summed E-state index contributed by atoms with van der Waals surface area (Å²) in [4.78, 5) is 8.10. The van der Waals surface area contributed by atoms with Crippen molar-refractivity contribution in [2.45, 2.75) is 41.9 Å². The van der Waals surface area contributed by atoms with E-state index in [2.05, 4.69) is 41.4 Å². The van der Waals surface area contributed by atoms with Crippen LogP contribution in [0.3, 0.4) is 0 Å². The van der Waals surface area contributed by atoms with Crippen molar-refractivity contribution < 1.29 is 0 Å². The van der Waals surface area contributed by atoms with Gasteiger partial charge in [0.25, 0.3) is 0 Å². The molecule has 0 aliphatic heterocycles. The Morgan fingerprint density at radius 1 is 1.32 bits per heavy atom. The van der Waals surface area contributed by atoms with Crippen molar-refractivity contribution in [2.24, 2.45) is 0 Å². The molecule has 6 nitrogen and oxygen atoms in total. The number of nitrogens with zero attached hydrogens (tertiary/aromatic N) is 6. The summed E-state index contributed by atoms with van der Waals surface area (Å²) in [7, 11) is 0. The van der Waals surface area contributed by atoms with E-state index in [9.17, 15) is 0 Å². The van der Waals surface area contributed by atoms with Gasteiger partial charge in [0, 0.05) is 0 Å². The number of aromatic nitrogens is 6. The van der Waals surface area contributed by atoms with Gasteiger partial charge in [-0.25, -0.2) is 14.6 Å². The van der Waals surface area contributed by atoms with Gasteiger partial charge in [0.05, 0.1) is 10.5 Å². The second kappa shape index (κ2) is 5.72. The van der Waals surface area contributed by atoms with Gasteiger partial charge in [0.1, 0.15) is 16.5 Å². The van der Waals surface area contributed by atoms with Gasteiger partial charge in [0.15, 0.2) is 0 Å². The van der Waals surface area contributed by atoms with Crippen LogP contribution in [0.1, 0.15) is 31.7 Å². The first-order valence-corrected chi connectivity index (χ1v) is 7.86. The minimum Gasteiger partial charge on any atom is -0.228 e. The highest BCUT2D eigenvalue weighted by molar-refractivity contribution is 9.10. The van der Waals surface area contributed by atoms with Crippen molar-refractivity contribution in [2.75, 3.05) is 0 Å². The number of tetrazole rings is 1. The van der Waals surface area contributed by atoms with E-state index in [-0.39, 0.29) is 0 Å². The smallest absolute Gasteiger partial charge is 0.215 e. The molecule has 0 aromatic carbocycles. The van der Waals surface area contributed by atoms with Crippen molar-refractivity contribution in [3.05, 3.63) is 16.0 Å². The highest BCUT2D eigenvalue weighted by Crippen LogP contribution is 2.36. The third-order valence-corrected chi connectivity index (χ3v) is 5.52. The maximum absolute atomic E-state index is 5.95. The molecule has 2 aromatic heterocycles. The molecule has 2 heterocycles. The standard InChI is InChI=1S/C10H10BrClN6S/c11-7-8(12)13-5-14-9(7)19-10-15-16-17-18(10)6-3-1-2-4-6/h5-6H,1-4H2. The van der Waals surface area contributed by atoms with E-state index in [4.69, 9.17) is 11.6 Å². The van der Waals surface area contributed by atoms with E-state index in [1.807, 2.05) is 4.68 Å². The molecule has 0 spiro atoms. The largest absolute Gasteiger partial charge is 0.228 e. The number of hydrogen-bond donors (Lipinski definition) is 0. The monoisotopic (exact) mass is 360 g/mol. The van der Waals surface area contributed by atoms with Crippen molar-refractivity contribution in [3.63, 3.8) is 0 Å². The maximum Gasteiger partial charge on any atom is 0.215 e. The average molecular weight is 362 g/mol. The fourth-order valence-electron chi connectivity index (χ4n) is 2.12. The van der Waals surface area contributed by atoms with Gasteiger partial charge in [-0.05, 0) is 51.0 Å². The molecular formula is C10H10BrClN6S. The Balaban J connectivity index is 1.87. The summed E-state index contributed by atoms with van der Waals surface area (Å²) in [5, 5.41) is 13.8. The molecule has 0 radical (unpaired) electrons. The van der Waals surface area contributed by atoms with Gasteiger partial charge in [-0.1, -0.05) is 24.4 Å². The van der Waals surface area contributed by atoms with Crippen LogP contribution in [-0.2, 0) is 0 Å². The summed E-state index contributed by atoms with van der Waals surface area (Å²) in [5.74, 6) is 0. The van der Waals surface area contributed by atoms with Gasteiger partial charge >= 0.3 is 0 Å². The summed E-state index contributed by atoms with van der Waals surface area (Å²) >= 11 is 10.7. The Bertz CT molecular complexity index is 585. The number of rotatable bonds is 3. The molecule has 2 aromatic rings. The second-order valence-corrected chi connectivity index (χ2v) is 6.34. The predicted molar refractivity (Wildman–Crippen MR) is 74.2 cm³/mol. The molecule has 1 aliphatic carbocycles. The molecule has 9 heteroatoms. The summed E-state index contributed by atoms with van der Waals surface area (Å²) in [6.07, 6.45) is 6.16. The van der Waals surface area contributed by atoms with Crippen LogP contribution in [0.5, 0.6) is 0 Å². The van der Waals surface area contributed by atoms with Crippen LogP contribution in [0.4, 0.5) is 0 Å². The lowest BCUT2D eigenvalue weighted by molar-refractivity contribution is 0.423. The van der Waals surface area contributed by atoms with Crippen LogP contribution in [0.25, 0.3) is 0 Å². The van der Waals surface area contributed by atoms with Crippen molar-refractivity contribution in [1.82, 2.24) is 30.2 Å². The Labute approximate surface area is 127 Å². The fraction of sp³-hybridized carbons (Fsp3) is 0.500. The Kier molecular flexibility index (Phi) is 3.99. The predicted octanol–water partition coefficient (Wildman–Crippen LogP) is 3.15. The van der Waals surface area contributed by atoms with Crippen LogP contribution in [-0.4, -0.2) is 30.2 Å². The molecule has 0 unspecified atom stereocenters.